The highest BCUT2D eigenvalue weighted by Gasteiger charge is 2.38. The fourth-order valence-electron chi connectivity index (χ4n) is 6.22. The molecule has 0 radical (unpaired) electrons. The van der Waals surface area contributed by atoms with Gasteiger partial charge in [0, 0.05) is 22.2 Å². The summed E-state index contributed by atoms with van der Waals surface area (Å²) in [7, 11) is 0. The molecule has 0 atom stereocenters. The van der Waals surface area contributed by atoms with Crippen molar-refractivity contribution in [3.63, 3.8) is 0 Å². The Morgan fingerprint density at radius 1 is 0.541 bits per heavy atom. The van der Waals surface area contributed by atoms with E-state index in [0.717, 1.165) is 0 Å². The van der Waals surface area contributed by atoms with Gasteiger partial charge in [0.1, 0.15) is 0 Å². The molecule has 0 saturated carbocycles. The number of anilines is 3. The number of hydrogen-bond donors (Lipinski definition) is 0. The second-order valence-electron chi connectivity index (χ2n) is 11.4. The molecular weight excluding hydrogens is 446 g/mol. The summed E-state index contributed by atoms with van der Waals surface area (Å²) in [6.45, 7) is 15.8. The predicted molar refractivity (Wildman–Crippen MR) is 160 cm³/mol. The molecule has 1 heteroatoms. The molecule has 0 spiro atoms. The summed E-state index contributed by atoms with van der Waals surface area (Å²) < 4.78 is 0. The maximum absolute atomic E-state index is 2.49. The van der Waals surface area contributed by atoms with E-state index in [-0.39, 0.29) is 5.41 Å². The van der Waals surface area contributed by atoms with E-state index < -0.39 is 0 Å². The highest BCUT2D eigenvalue weighted by molar-refractivity contribution is 6.10. The van der Waals surface area contributed by atoms with E-state index in [4.69, 9.17) is 0 Å². The van der Waals surface area contributed by atoms with Gasteiger partial charge in [0.2, 0.25) is 0 Å². The van der Waals surface area contributed by atoms with Gasteiger partial charge >= 0.3 is 0 Å². The molecule has 0 heterocycles. The number of nitrogens with zero attached hydrogens (tertiary/aromatic N) is 1. The molecular formula is C36H35N. The first kappa shape index (κ1) is 23.6. The molecule has 0 bridgehead atoms. The van der Waals surface area contributed by atoms with Gasteiger partial charge in [-0.1, -0.05) is 80.1 Å². The second-order valence-corrected chi connectivity index (χ2v) is 11.4. The van der Waals surface area contributed by atoms with Gasteiger partial charge in [-0.3, -0.25) is 0 Å². The summed E-state index contributed by atoms with van der Waals surface area (Å²) in [5.41, 5.74) is 15.7. The number of fused-ring (bicyclic) bond motifs is 5. The van der Waals surface area contributed by atoms with Crippen molar-refractivity contribution in [1.82, 2.24) is 0 Å². The molecule has 0 fully saturated rings. The maximum Gasteiger partial charge on any atom is 0.0543 e. The summed E-state index contributed by atoms with van der Waals surface area (Å²) in [4.78, 5) is 2.49. The fourth-order valence-corrected chi connectivity index (χ4v) is 6.22. The van der Waals surface area contributed by atoms with Crippen LogP contribution in [0.2, 0.25) is 0 Å². The molecule has 184 valence electrons. The molecule has 6 rings (SSSR count). The van der Waals surface area contributed by atoms with E-state index in [1.807, 2.05) is 0 Å². The number of benzene rings is 5. The molecule has 1 aliphatic carbocycles. The zero-order valence-corrected chi connectivity index (χ0v) is 23.0. The Hall–Kier alpha value is -3.84. The third kappa shape index (κ3) is 3.60. The van der Waals surface area contributed by atoms with Gasteiger partial charge in [-0.2, -0.15) is 0 Å². The SMILES string of the molecule is Cc1cccc(N(c2cc(C)c(C)cc2C)c2cc3c(c4ccccc24)-c2ccc(C)cc2C3(C)C)c1. The first-order valence-electron chi connectivity index (χ1n) is 13.3. The Kier molecular flexibility index (Phi) is 5.31. The Bertz CT molecular complexity index is 1700. The van der Waals surface area contributed by atoms with E-state index in [2.05, 4.69) is 138 Å². The molecule has 37 heavy (non-hydrogen) atoms. The van der Waals surface area contributed by atoms with E-state index in [0.29, 0.717) is 0 Å². The molecule has 0 unspecified atom stereocenters. The highest BCUT2D eigenvalue weighted by atomic mass is 15.1. The minimum atomic E-state index is -0.0774. The standard InChI is InChI=1S/C36H35N/c1-22-11-10-12-27(17-22)37(33-20-25(4)24(3)19-26(33)5)34-21-32-35(29-14-9-8-13-28(29)34)30-16-15-23(2)18-31(30)36(32,6)7/h8-21H,1-7H3. The number of hydrogen-bond acceptors (Lipinski definition) is 1. The van der Waals surface area contributed by atoms with Crippen LogP contribution in [0.3, 0.4) is 0 Å². The lowest BCUT2D eigenvalue weighted by molar-refractivity contribution is 0.660. The van der Waals surface area contributed by atoms with Crippen molar-refractivity contribution >= 4 is 27.8 Å². The average Bonchev–Trinajstić information content (AvgIpc) is 3.09. The number of rotatable bonds is 3. The summed E-state index contributed by atoms with van der Waals surface area (Å²) in [6.07, 6.45) is 0. The predicted octanol–water partition coefficient (Wildman–Crippen LogP) is 10.2. The smallest absolute Gasteiger partial charge is 0.0543 e. The molecule has 1 aliphatic rings. The van der Waals surface area contributed by atoms with Crippen LogP contribution in [0.15, 0.2) is 84.9 Å². The third-order valence-electron chi connectivity index (χ3n) is 8.37. The Labute approximate surface area is 221 Å². The molecule has 0 amide bonds. The lowest BCUT2D eigenvalue weighted by Crippen LogP contribution is -2.17. The quantitative estimate of drug-likeness (QED) is 0.248. The molecule has 0 N–H and O–H groups in total. The first-order chi connectivity index (χ1) is 17.7. The topological polar surface area (TPSA) is 3.24 Å². The summed E-state index contributed by atoms with van der Waals surface area (Å²) in [5.74, 6) is 0. The van der Waals surface area contributed by atoms with Gasteiger partial charge < -0.3 is 4.90 Å². The molecule has 0 aliphatic heterocycles. The normalized spacial score (nSPS) is 13.5. The molecule has 0 saturated heterocycles. The van der Waals surface area contributed by atoms with Gasteiger partial charge in [0.25, 0.3) is 0 Å². The second kappa shape index (κ2) is 8.35. The van der Waals surface area contributed by atoms with Crippen molar-refractivity contribution < 1.29 is 0 Å². The Morgan fingerprint density at radius 2 is 1.24 bits per heavy atom. The zero-order valence-electron chi connectivity index (χ0n) is 23.0. The third-order valence-corrected chi connectivity index (χ3v) is 8.37. The van der Waals surface area contributed by atoms with Crippen molar-refractivity contribution in [2.45, 2.75) is 53.9 Å². The molecule has 5 aromatic rings. The Morgan fingerprint density at radius 3 is 2.00 bits per heavy atom. The van der Waals surface area contributed by atoms with Crippen molar-refractivity contribution in [3.8, 4) is 11.1 Å². The summed E-state index contributed by atoms with van der Waals surface area (Å²) in [5, 5.41) is 2.61. The van der Waals surface area contributed by atoms with Crippen LogP contribution in [0.5, 0.6) is 0 Å². The van der Waals surface area contributed by atoms with Crippen LogP contribution < -0.4 is 4.90 Å². The maximum atomic E-state index is 2.49. The van der Waals surface area contributed by atoms with Crippen LogP contribution in [0.1, 0.15) is 52.8 Å². The van der Waals surface area contributed by atoms with E-state index >= 15 is 0 Å². The average molecular weight is 482 g/mol. The van der Waals surface area contributed by atoms with E-state index in [1.54, 1.807) is 0 Å². The Balaban J connectivity index is 1.73. The van der Waals surface area contributed by atoms with Gasteiger partial charge in [-0.05, 0) is 109 Å². The highest BCUT2D eigenvalue weighted by Crippen LogP contribution is 2.54. The minimum Gasteiger partial charge on any atom is -0.310 e. The first-order valence-corrected chi connectivity index (χ1v) is 13.3. The van der Waals surface area contributed by atoms with E-state index in [1.165, 1.54) is 77.9 Å². The van der Waals surface area contributed by atoms with Crippen LogP contribution in [-0.4, -0.2) is 0 Å². The zero-order chi connectivity index (χ0) is 26.1. The molecule has 1 nitrogen and oxygen atoms in total. The van der Waals surface area contributed by atoms with Gasteiger partial charge in [0.15, 0.2) is 0 Å². The van der Waals surface area contributed by atoms with Crippen molar-refractivity contribution in [3.05, 3.63) is 124 Å². The van der Waals surface area contributed by atoms with Crippen LogP contribution in [0.25, 0.3) is 21.9 Å². The molecule has 0 aromatic heterocycles. The van der Waals surface area contributed by atoms with Crippen LogP contribution in [0, 0.1) is 34.6 Å². The molecule has 5 aromatic carbocycles. The fraction of sp³-hybridized carbons (Fsp3) is 0.222. The van der Waals surface area contributed by atoms with Gasteiger partial charge in [-0.15, -0.1) is 0 Å². The van der Waals surface area contributed by atoms with Crippen LogP contribution in [-0.2, 0) is 5.41 Å². The van der Waals surface area contributed by atoms with Crippen LogP contribution in [0.4, 0.5) is 17.1 Å². The van der Waals surface area contributed by atoms with Gasteiger partial charge in [-0.25, -0.2) is 0 Å². The summed E-state index contributed by atoms with van der Waals surface area (Å²) >= 11 is 0. The lowest BCUT2D eigenvalue weighted by atomic mass is 9.81. The van der Waals surface area contributed by atoms with Crippen molar-refractivity contribution in [2.24, 2.45) is 0 Å². The van der Waals surface area contributed by atoms with Crippen molar-refractivity contribution in [2.75, 3.05) is 4.90 Å². The summed E-state index contributed by atoms with van der Waals surface area (Å²) in [6, 6.07) is 32.0. The van der Waals surface area contributed by atoms with Crippen LogP contribution >= 0.6 is 0 Å². The van der Waals surface area contributed by atoms with Crippen molar-refractivity contribution in [1.29, 1.82) is 0 Å². The van der Waals surface area contributed by atoms with Gasteiger partial charge in [0.05, 0.1) is 5.69 Å². The minimum absolute atomic E-state index is 0.0774. The number of aryl methyl sites for hydroxylation is 5. The van der Waals surface area contributed by atoms with E-state index in [9.17, 15) is 0 Å². The largest absolute Gasteiger partial charge is 0.310 e. The monoisotopic (exact) mass is 481 g/mol. The lowest BCUT2D eigenvalue weighted by Gasteiger charge is -2.31.